The molecule has 0 aliphatic heterocycles. The third-order valence-electron chi connectivity index (χ3n) is 1.62. The molecule has 0 aromatic carbocycles. The van der Waals surface area contributed by atoms with Gasteiger partial charge in [0, 0.05) is 6.54 Å². The Bertz CT molecular complexity index is 248. The number of aryl methyl sites for hydroxylation is 1. The first-order valence-corrected chi connectivity index (χ1v) is 4.09. The third kappa shape index (κ3) is 3.06. The minimum absolute atomic E-state index is 0.309. The highest BCUT2D eigenvalue weighted by atomic mass is 19.3. The van der Waals surface area contributed by atoms with Gasteiger partial charge in [-0.05, 0) is 6.92 Å². The number of hydrogen-bond acceptors (Lipinski definition) is 3. The molecule has 0 aliphatic rings. The molecule has 1 aromatic rings. The average Bonchev–Trinajstić information content (AvgIpc) is 2.51. The molecule has 0 saturated heterocycles. The van der Waals surface area contributed by atoms with Gasteiger partial charge in [-0.3, -0.25) is 0 Å². The molecule has 1 aromatic heterocycles. The lowest BCUT2D eigenvalue weighted by molar-refractivity contribution is 0.145. The van der Waals surface area contributed by atoms with E-state index in [0.717, 1.165) is 6.54 Å². The Labute approximate surface area is 75.0 Å². The number of hydrogen-bond donors (Lipinski definition) is 1. The van der Waals surface area contributed by atoms with Gasteiger partial charge in [0.05, 0.1) is 13.1 Å². The molecule has 1 rings (SSSR count). The van der Waals surface area contributed by atoms with Crippen LogP contribution in [-0.2, 0) is 13.1 Å². The van der Waals surface area contributed by atoms with E-state index >= 15 is 0 Å². The fraction of sp³-hybridized carbons (Fsp3) is 0.714. The molecular weight excluding hydrogens is 178 g/mol. The summed E-state index contributed by atoms with van der Waals surface area (Å²) in [7, 11) is 0. The van der Waals surface area contributed by atoms with Gasteiger partial charge in [0.2, 0.25) is 0 Å². The molecule has 0 amide bonds. The van der Waals surface area contributed by atoms with Crippen LogP contribution in [0.4, 0.5) is 8.78 Å². The zero-order valence-electron chi connectivity index (χ0n) is 7.37. The smallest absolute Gasteiger partial charge is 0.250 e. The molecule has 0 saturated carbocycles. The highest BCUT2D eigenvalue weighted by Crippen LogP contribution is 1.95. The predicted molar refractivity (Wildman–Crippen MR) is 43.4 cm³/mol. The quantitative estimate of drug-likeness (QED) is 0.741. The van der Waals surface area contributed by atoms with Gasteiger partial charge in [-0.25, -0.2) is 8.78 Å². The maximum Gasteiger partial charge on any atom is 0.250 e. The van der Waals surface area contributed by atoms with E-state index in [2.05, 4.69) is 15.5 Å². The standard InChI is InChI=1S/C7H12F2N4/c1-2-13-5-11-12-7(13)4-10-3-6(8)9/h5-6,10H,2-4H2,1H3. The van der Waals surface area contributed by atoms with Gasteiger partial charge in [0.15, 0.2) is 0 Å². The molecule has 0 bridgehead atoms. The van der Waals surface area contributed by atoms with Crippen molar-refractivity contribution in [1.82, 2.24) is 20.1 Å². The van der Waals surface area contributed by atoms with E-state index < -0.39 is 6.43 Å². The van der Waals surface area contributed by atoms with Gasteiger partial charge in [0.25, 0.3) is 6.43 Å². The lowest BCUT2D eigenvalue weighted by atomic mass is 10.5. The molecule has 13 heavy (non-hydrogen) atoms. The van der Waals surface area contributed by atoms with Crippen molar-refractivity contribution in [3.05, 3.63) is 12.2 Å². The van der Waals surface area contributed by atoms with Gasteiger partial charge < -0.3 is 9.88 Å². The second-order valence-corrected chi connectivity index (χ2v) is 2.56. The Morgan fingerprint density at radius 3 is 3.00 bits per heavy atom. The number of aromatic nitrogens is 3. The zero-order chi connectivity index (χ0) is 9.68. The van der Waals surface area contributed by atoms with Crippen molar-refractivity contribution in [1.29, 1.82) is 0 Å². The average molecular weight is 190 g/mol. The first-order valence-electron chi connectivity index (χ1n) is 4.09. The largest absolute Gasteiger partial charge is 0.317 e. The predicted octanol–water partition coefficient (Wildman–Crippen LogP) is 0.653. The van der Waals surface area contributed by atoms with E-state index in [-0.39, 0.29) is 6.54 Å². The summed E-state index contributed by atoms with van der Waals surface area (Å²) in [6, 6.07) is 0. The molecule has 0 atom stereocenters. The van der Waals surface area contributed by atoms with Gasteiger partial charge in [-0.15, -0.1) is 10.2 Å². The van der Waals surface area contributed by atoms with Crippen molar-refractivity contribution in [2.24, 2.45) is 0 Å². The van der Waals surface area contributed by atoms with Crippen LogP contribution in [0.1, 0.15) is 12.7 Å². The Balaban J connectivity index is 2.36. The van der Waals surface area contributed by atoms with Gasteiger partial charge in [-0.1, -0.05) is 0 Å². The van der Waals surface area contributed by atoms with E-state index in [4.69, 9.17) is 0 Å². The fourth-order valence-electron chi connectivity index (χ4n) is 0.973. The maximum atomic E-state index is 11.7. The Morgan fingerprint density at radius 2 is 2.38 bits per heavy atom. The van der Waals surface area contributed by atoms with Crippen LogP contribution in [0.15, 0.2) is 6.33 Å². The summed E-state index contributed by atoms with van der Waals surface area (Å²) in [5, 5.41) is 10.1. The van der Waals surface area contributed by atoms with Crippen LogP contribution in [0.3, 0.4) is 0 Å². The van der Waals surface area contributed by atoms with Crippen LogP contribution in [0.2, 0.25) is 0 Å². The molecule has 0 fully saturated rings. The van der Waals surface area contributed by atoms with Crippen molar-refractivity contribution >= 4 is 0 Å². The second kappa shape index (κ2) is 4.86. The van der Waals surface area contributed by atoms with Crippen molar-refractivity contribution in [2.75, 3.05) is 6.54 Å². The van der Waals surface area contributed by atoms with E-state index in [0.29, 0.717) is 12.4 Å². The lowest BCUT2D eigenvalue weighted by Crippen LogP contribution is -2.22. The number of nitrogens with zero attached hydrogens (tertiary/aromatic N) is 3. The van der Waals surface area contributed by atoms with Crippen LogP contribution < -0.4 is 5.32 Å². The van der Waals surface area contributed by atoms with Gasteiger partial charge in [-0.2, -0.15) is 0 Å². The summed E-state index contributed by atoms with van der Waals surface area (Å²) in [5.74, 6) is 0.683. The molecule has 1 N–H and O–H groups in total. The van der Waals surface area contributed by atoms with Gasteiger partial charge >= 0.3 is 0 Å². The van der Waals surface area contributed by atoms with E-state index in [1.807, 2.05) is 6.92 Å². The molecule has 74 valence electrons. The van der Waals surface area contributed by atoms with Crippen LogP contribution in [-0.4, -0.2) is 27.7 Å². The molecule has 0 aliphatic carbocycles. The molecule has 6 heteroatoms. The number of alkyl halides is 2. The Hall–Kier alpha value is -1.04. The van der Waals surface area contributed by atoms with Crippen molar-refractivity contribution < 1.29 is 8.78 Å². The van der Waals surface area contributed by atoms with Crippen molar-refractivity contribution in [3.8, 4) is 0 Å². The summed E-state index contributed by atoms with van der Waals surface area (Å²) in [6.45, 7) is 2.72. The normalized spacial score (nSPS) is 11.1. The summed E-state index contributed by atoms with van der Waals surface area (Å²) < 4.78 is 25.3. The molecule has 0 unspecified atom stereocenters. The van der Waals surface area contributed by atoms with Crippen molar-refractivity contribution in [3.63, 3.8) is 0 Å². The Morgan fingerprint density at radius 1 is 1.62 bits per heavy atom. The highest BCUT2D eigenvalue weighted by molar-refractivity contribution is 4.84. The molecule has 0 spiro atoms. The summed E-state index contributed by atoms with van der Waals surface area (Å²) in [6.07, 6.45) is -0.739. The van der Waals surface area contributed by atoms with Crippen LogP contribution in [0, 0.1) is 0 Å². The van der Waals surface area contributed by atoms with Crippen LogP contribution in [0.25, 0.3) is 0 Å². The zero-order valence-corrected chi connectivity index (χ0v) is 7.37. The summed E-state index contributed by atoms with van der Waals surface area (Å²) >= 11 is 0. The summed E-state index contributed by atoms with van der Waals surface area (Å²) in [4.78, 5) is 0. The number of rotatable bonds is 5. The van der Waals surface area contributed by atoms with Crippen molar-refractivity contribution in [2.45, 2.75) is 26.4 Å². The summed E-state index contributed by atoms with van der Waals surface area (Å²) in [5.41, 5.74) is 0. The Kier molecular flexibility index (Phi) is 3.75. The maximum absolute atomic E-state index is 11.7. The second-order valence-electron chi connectivity index (χ2n) is 2.56. The number of nitrogens with one attached hydrogen (secondary N) is 1. The molecule has 4 nitrogen and oxygen atoms in total. The number of halogens is 2. The SMILES string of the molecule is CCn1cnnc1CNCC(F)F. The minimum Gasteiger partial charge on any atom is -0.317 e. The molecule has 0 radical (unpaired) electrons. The lowest BCUT2D eigenvalue weighted by Gasteiger charge is -2.04. The fourth-order valence-corrected chi connectivity index (χ4v) is 0.973. The van der Waals surface area contributed by atoms with E-state index in [1.54, 1.807) is 10.9 Å². The van der Waals surface area contributed by atoms with E-state index in [1.165, 1.54) is 0 Å². The molecular formula is C7H12F2N4. The van der Waals surface area contributed by atoms with Crippen LogP contribution in [0.5, 0.6) is 0 Å². The first-order chi connectivity index (χ1) is 6.24. The monoisotopic (exact) mass is 190 g/mol. The first kappa shape index (κ1) is 10.0. The topological polar surface area (TPSA) is 42.7 Å². The van der Waals surface area contributed by atoms with Crippen LogP contribution >= 0.6 is 0 Å². The minimum atomic E-state index is -2.32. The van der Waals surface area contributed by atoms with Gasteiger partial charge in [0.1, 0.15) is 12.2 Å². The highest BCUT2D eigenvalue weighted by Gasteiger charge is 2.04. The van der Waals surface area contributed by atoms with E-state index in [9.17, 15) is 8.78 Å². The third-order valence-corrected chi connectivity index (χ3v) is 1.62. The molecule has 1 heterocycles.